The summed E-state index contributed by atoms with van der Waals surface area (Å²) in [5.74, 6) is 0.0764. The van der Waals surface area contributed by atoms with Gasteiger partial charge in [0.05, 0.1) is 10.6 Å². The Hall–Kier alpha value is -2.68. The van der Waals surface area contributed by atoms with E-state index in [1.807, 2.05) is 48.2 Å². The highest BCUT2D eigenvalue weighted by Gasteiger charge is 2.27. The van der Waals surface area contributed by atoms with Crippen LogP contribution in [-0.2, 0) is 24.3 Å². The fourth-order valence-electron chi connectivity index (χ4n) is 4.02. The summed E-state index contributed by atoms with van der Waals surface area (Å²) >= 11 is 4.62. The van der Waals surface area contributed by atoms with Gasteiger partial charge in [-0.25, -0.2) is 4.98 Å². The van der Waals surface area contributed by atoms with Gasteiger partial charge >= 0.3 is 0 Å². The third-order valence-electron chi connectivity index (χ3n) is 5.74. The predicted octanol–water partition coefficient (Wildman–Crippen LogP) is 5.44. The van der Waals surface area contributed by atoms with Crippen molar-refractivity contribution in [2.75, 3.05) is 6.54 Å². The summed E-state index contributed by atoms with van der Waals surface area (Å²) in [7, 11) is 0. The average molecular weight is 494 g/mol. The number of thioether (sulfide) groups is 1. The van der Waals surface area contributed by atoms with Crippen molar-refractivity contribution in [1.82, 2.24) is 14.5 Å². The fourth-order valence-corrected chi connectivity index (χ4v) is 6.99. The molecule has 1 amide bonds. The molecule has 0 aliphatic carbocycles. The molecule has 0 N–H and O–H groups in total. The van der Waals surface area contributed by atoms with Crippen LogP contribution in [0.1, 0.15) is 17.4 Å². The van der Waals surface area contributed by atoms with E-state index in [9.17, 15) is 9.59 Å². The van der Waals surface area contributed by atoms with Crippen LogP contribution < -0.4 is 5.56 Å². The summed E-state index contributed by atoms with van der Waals surface area (Å²) in [6.45, 7) is 7.44. The number of allylic oxidation sites excluding steroid dienone is 1. The van der Waals surface area contributed by atoms with Crippen LogP contribution in [0, 0.1) is 0 Å². The lowest BCUT2D eigenvalue weighted by Crippen LogP contribution is -2.40. The molecule has 0 saturated heterocycles. The molecule has 8 heteroatoms. The van der Waals surface area contributed by atoms with Crippen LogP contribution in [-0.4, -0.2) is 32.2 Å². The lowest BCUT2D eigenvalue weighted by atomic mass is 10.1. The summed E-state index contributed by atoms with van der Waals surface area (Å²) in [6, 6.07) is 14.0. The van der Waals surface area contributed by atoms with Crippen molar-refractivity contribution in [1.29, 1.82) is 0 Å². The van der Waals surface area contributed by atoms with Crippen molar-refractivity contribution in [2.45, 2.75) is 36.8 Å². The normalized spacial score (nSPS) is 14.3. The Labute approximate surface area is 204 Å². The van der Waals surface area contributed by atoms with Crippen molar-refractivity contribution in [3.63, 3.8) is 0 Å². The largest absolute Gasteiger partial charge is 0.337 e. The molecule has 0 radical (unpaired) electrons. The molecular weight excluding hydrogens is 470 g/mol. The Morgan fingerprint density at radius 1 is 1.30 bits per heavy atom. The molecule has 0 saturated carbocycles. The molecule has 1 unspecified atom stereocenters. The van der Waals surface area contributed by atoms with Crippen molar-refractivity contribution >= 4 is 50.6 Å². The van der Waals surface area contributed by atoms with Crippen molar-refractivity contribution < 1.29 is 4.79 Å². The number of nitrogens with zero attached hydrogens (tertiary/aromatic N) is 3. The number of thiophene rings is 2. The van der Waals surface area contributed by atoms with E-state index in [-0.39, 0.29) is 16.7 Å². The molecule has 0 spiro atoms. The zero-order valence-corrected chi connectivity index (χ0v) is 20.6. The van der Waals surface area contributed by atoms with Gasteiger partial charge in [0.2, 0.25) is 5.91 Å². The van der Waals surface area contributed by atoms with Gasteiger partial charge in [-0.2, -0.15) is 0 Å². The van der Waals surface area contributed by atoms with E-state index in [1.165, 1.54) is 33.5 Å². The Bertz CT molecular complexity index is 1390. The number of carbonyl (C=O) groups is 1. The maximum atomic E-state index is 13.3. The summed E-state index contributed by atoms with van der Waals surface area (Å²) in [4.78, 5) is 36.4. The first kappa shape index (κ1) is 22.1. The Morgan fingerprint density at radius 3 is 2.91 bits per heavy atom. The van der Waals surface area contributed by atoms with E-state index in [0.717, 1.165) is 23.4 Å². The van der Waals surface area contributed by atoms with Crippen LogP contribution in [0.2, 0.25) is 0 Å². The van der Waals surface area contributed by atoms with Gasteiger partial charge in [-0.15, -0.1) is 29.3 Å². The molecule has 168 valence electrons. The maximum Gasteiger partial charge on any atom is 0.263 e. The van der Waals surface area contributed by atoms with Crippen LogP contribution in [0.25, 0.3) is 20.7 Å². The second-order valence-corrected chi connectivity index (χ2v) is 11.3. The highest BCUT2D eigenvalue weighted by Crippen LogP contribution is 2.33. The minimum absolute atomic E-state index is 0.0764. The van der Waals surface area contributed by atoms with Gasteiger partial charge in [-0.1, -0.05) is 48.2 Å². The van der Waals surface area contributed by atoms with Crippen LogP contribution in [0.15, 0.2) is 70.5 Å². The van der Waals surface area contributed by atoms with Crippen molar-refractivity contribution in [3.8, 4) is 10.4 Å². The molecule has 4 aromatic rings. The Balaban J connectivity index is 1.45. The SMILES string of the molecule is C=CCn1c(SC(C)C(=O)N2CCc3sccc3C2)nc2sc(-c3ccccc3)cc2c1=O. The van der Waals surface area contributed by atoms with Gasteiger partial charge in [0, 0.05) is 29.4 Å². The molecule has 5 nitrogen and oxygen atoms in total. The molecule has 4 heterocycles. The molecule has 3 aromatic heterocycles. The molecule has 1 atom stereocenters. The average Bonchev–Trinajstić information content (AvgIpc) is 3.48. The topological polar surface area (TPSA) is 55.2 Å². The van der Waals surface area contributed by atoms with Crippen molar-refractivity contribution in [3.05, 3.63) is 81.3 Å². The van der Waals surface area contributed by atoms with Gasteiger partial charge in [0.15, 0.2) is 5.16 Å². The van der Waals surface area contributed by atoms with E-state index in [4.69, 9.17) is 4.98 Å². The first-order chi connectivity index (χ1) is 16.0. The lowest BCUT2D eigenvalue weighted by Gasteiger charge is -2.29. The summed E-state index contributed by atoms with van der Waals surface area (Å²) < 4.78 is 1.62. The smallest absolute Gasteiger partial charge is 0.263 e. The summed E-state index contributed by atoms with van der Waals surface area (Å²) in [5.41, 5.74) is 2.21. The van der Waals surface area contributed by atoms with Gasteiger partial charge in [-0.3, -0.25) is 14.2 Å². The molecule has 1 aromatic carbocycles. The number of amides is 1. The zero-order valence-electron chi connectivity index (χ0n) is 18.2. The van der Waals surface area contributed by atoms with Gasteiger partial charge in [-0.05, 0) is 42.0 Å². The molecule has 1 aliphatic heterocycles. The van der Waals surface area contributed by atoms with E-state index >= 15 is 0 Å². The lowest BCUT2D eigenvalue weighted by molar-refractivity contribution is -0.131. The molecular formula is C25H23N3O2S3. The number of fused-ring (bicyclic) bond motifs is 2. The standard InChI is InChI=1S/C25H23N3O2S3/c1-3-11-28-24(30)19-14-21(17-7-5-4-6-8-17)33-22(19)26-25(28)32-16(2)23(29)27-12-9-20-18(15-27)10-13-31-20/h3-8,10,13-14,16H,1,9,11-12,15H2,2H3. The van der Waals surface area contributed by atoms with Crippen molar-refractivity contribution in [2.24, 2.45) is 0 Å². The van der Waals surface area contributed by atoms with Gasteiger partial charge < -0.3 is 4.90 Å². The van der Waals surface area contributed by atoms with E-state index in [2.05, 4.69) is 18.0 Å². The summed E-state index contributed by atoms with van der Waals surface area (Å²) in [5, 5.41) is 2.90. The number of carbonyl (C=O) groups excluding carboxylic acids is 1. The highest BCUT2D eigenvalue weighted by atomic mass is 32.2. The van der Waals surface area contributed by atoms with Gasteiger partial charge in [0.1, 0.15) is 4.83 Å². The third kappa shape index (κ3) is 4.30. The van der Waals surface area contributed by atoms with Crippen LogP contribution in [0.3, 0.4) is 0 Å². The Morgan fingerprint density at radius 2 is 2.12 bits per heavy atom. The van der Waals surface area contributed by atoms with Crippen LogP contribution >= 0.6 is 34.4 Å². The zero-order chi connectivity index (χ0) is 22.9. The third-order valence-corrected chi connectivity index (χ3v) is 8.91. The quantitative estimate of drug-likeness (QED) is 0.204. The molecule has 1 aliphatic rings. The number of benzene rings is 1. The number of rotatable bonds is 6. The van der Waals surface area contributed by atoms with E-state index in [0.29, 0.717) is 28.5 Å². The number of aromatic nitrogens is 2. The van der Waals surface area contributed by atoms with Crippen LogP contribution in [0.4, 0.5) is 0 Å². The highest BCUT2D eigenvalue weighted by molar-refractivity contribution is 8.00. The fraction of sp³-hybridized carbons (Fsp3) is 0.240. The first-order valence-electron chi connectivity index (χ1n) is 10.8. The predicted molar refractivity (Wildman–Crippen MR) is 138 cm³/mol. The minimum Gasteiger partial charge on any atom is -0.337 e. The number of hydrogen-bond donors (Lipinski definition) is 0. The number of hydrogen-bond acceptors (Lipinski definition) is 6. The van der Waals surface area contributed by atoms with E-state index in [1.54, 1.807) is 22.0 Å². The monoisotopic (exact) mass is 493 g/mol. The minimum atomic E-state index is -0.348. The van der Waals surface area contributed by atoms with Gasteiger partial charge in [0.25, 0.3) is 5.56 Å². The second-order valence-electron chi connectivity index (χ2n) is 7.93. The molecule has 0 fully saturated rings. The second kappa shape index (κ2) is 9.29. The first-order valence-corrected chi connectivity index (χ1v) is 13.3. The van der Waals surface area contributed by atoms with E-state index < -0.39 is 0 Å². The Kier molecular flexibility index (Phi) is 6.23. The van der Waals surface area contributed by atoms with Crippen LogP contribution in [0.5, 0.6) is 0 Å². The molecule has 5 rings (SSSR count). The maximum absolute atomic E-state index is 13.3. The molecule has 0 bridgehead atoms. The summed E-state index contributed by atoms with van der Waals surface area (Å²) in [6.07, 6.45) is 2.59. The molecule has 33 heavy (non-hydrogen) atoms.